The molecule has 0 aromatic carbocycles. The van der Waals surface area contributed by atoms with Crippen molar-refractivity contribution < 1.29 is 4.39 Å². The maximum atomic E-state index is 12.5. The Kier molecular flexibility index (Phi) is 4.11. The monoisotopic (exact) mass is 233 g/mol. The average Bonchev–Trinajstić information content (AvgIpc) is 2.47. The molecule has 0 saturated carbocycles. The van der Waals surface area contributed by atoms with Crippen LogP contribution in [0.5, 0.6) is 0 Å². The van der Waals surface area contributed by atoms with Gasteiger partial charge < -0.3 is 5.32 Å². The number of aromatic nitrogens is 1. The van der Waals surface area contributed by atoms with E-state index in [2.05, 4.69) is 9.69 Å². The lowest BCUT2D eigenvalue weighted by Gasteiger charge is -2.04. The van der Waals surface area contributed by atoms with Crippen molar-refractivity contribution in [1.82, 2.24) is 4.37 Å². The molecular formula is C8H9ClFN3S. The van der Waals surface area contributed by atoms with Crippen molar-refractivity contribution in [2.45, 2.75) is 19.5 Å². The minimum atomic E-state index is -0.863. The summed E-state index contributed by atoms with van der Waals surface area (Å²) in [5.41, 5.74) is 0.514. The van der Waals surface area contributed by atoms with Crippen molar-refractivity contribution in [3.8, 4) is 6.07 Å². The van der Waals surface area contributed by atoms with Crippen LogP contribution >= 0.6 is 23.1 Å². The average molecular weight is 234 g/mol. The first-order valence-electron chi connectivity index (χ1n) is 4.08. The molecule has 0 aliphatic rings. The molecule has 0 radical (unpaired) electrons. The molecule has 14 heavy (non-hydrogen) atoms. The molecule has 3 nitrogen and oxygen atoms in total. The Bertz CT molecular complexity index is 345. The summed E-state index contributed by atoms with van der Waals surface area (Å²) in [6.45, 7) is 1.94. The number of nitrogens with one attached hydrogen (secondary N) is 1. The molecule has 1 aromatic heterocycles. The molecule has 0 aliphatic heterocycles. The Morgan fingerprint density at radius 2 is 2.50 bits per heavy atom. The van der Waals surface area contributed by atoms with Gasteiger partial charge in [-0.3, -0.25) is 0 Å². The zero-order valence-electron chi connectivity index (χ0n) is 7.55. The van der Waals surface area contributed by atoms with Gasteiger partial charge in [-0.15, -0.1) is 0 Å². The molecule has 1 N–H and O–H groups in total. The smallest absolute Gasteiger partial charge is 0.167 e. The second kappa shape index (κ2) is 5.13. The quantitative estimate of drug-likeness (QED) is 0.870. The van der Waals surface area contributed by atoms with Crippen LogP contribution in [0.15, 0.2) is 0 Å². The number of nitriles is 1. The number of hydrogen-bond donors (Lipinski definition) is 1. The van der Waals surface area contributed by atoms with Crippen LogP contribution in [0.3, 0.4) is 0 Å². The summed E-state index contributed by atoms with van der Waals surface area (Å²) in [4.78, 5) is 0.432. The van der Waals surface area contributed by atoms with E-state index in [0.29, 0.717) is 23.5 Å². The summed E-state index contributed by atoms with van der Waals surface area (Å²) in [5, 5.41) is 11.9. The first kappa shape index (κ1) is 11.2. The Morgan fingerprint density at radius 1 is 1.79 bits per heavy atom. The molecule has 1 unspecified atom stereocenters. The molecule has 1 rings (SSSR count). The molecule has 6 heteroatoms. The molecule has 0 amide bonds. The van der Waals surface area contributed by atoms with Gasteiger partial charge in [0.05, 0.1) is 6.17 Å². The lowest BCUT2D eigenvalue weighted by atomic mass is 10.3. The molecule has 1 heterocycles. The van der Waals surface area contributed by atoms with E-state index in [1.807, 2.05) is 6.07 Å². The molecule has 1 atom stereocenters. The normalized spacial score (nSPS) is 12.1. The van der Waals surface area contributed by atoms with Crippen LogP contribution in [-0.4, -0.2) is 17.1 Å². The minimum Gasteiger partial charge on any atom is -0.381 e. The van der Waals surface area contributed by atoms with E-state index in [-0.39, 0.29) is 5.15 Å². The fraction of sp³-hybridized carbons (Fsp3) is 0.500. The van der Waals surface area contributed by atoms with Gasteiger partial charge in [0.15, 0.2) is 5.15 Å². The van der Waals surface area contributed by atoms with Gasteiger partial charge in [-0.05, 0) is 24.9 Å². The van der Waals surface area contributed by atoms with Gasteiger partial charge in [0.1, 0.15) is 16.6 Å². The molecule has 0 spiro atoms. The number of halogens is 2. The molecule has 1 aromatic rings. The van der Waals surface area contributed by atoms with Gasteiger partial charge in [-0.25, -0.2) is 4.39 Å². The lowest BCUT2D eigenvalue weighted by molar-refractivity contribution is 0.348. The van der Waals surface area contributed by atoms with E-state index in [1.165, 1.54) is 6.92 Å². The van der Waals surface area contributed by atoms with Crippen LogP contribution in [-0.2, 0) is 0 Å². The Morgan fingerprint density at radius 3 is 3.07 bits per heavy atom. The highest BCUT2D eigenvalue weighted by molar-refractivity contribution is 7.07. The van der Waals surface area contributed by atoms with Crippen molar-refractivity contribution in [3.63, 3.8) is 0 Å². The highest BCUT2D eigenvalue weighted by Gasteiger charge is 2.11. The van der Waals surface area contributed by atoms with Gasteiger partial charge in [-0.2, -0.15) is 9.64 Å². The first-order valence-corrected chi connectivity index (χ1v) is 5.23. The van der Waals surface area contributed by atoms with E-state index < -0.39 is 6.17 Å². The van der Waals surface area contributed by atoms with E-state index >= 15 is 0 Å². The fourth-order valence-corrected chi connectivity index (χ4v) is 1.78. The number of rotatable bonds is 4. The van der Waals surface area contributed by atoms with Crippen LogP contribution in [0.1, 0.15) is 18.2 Å². The zero-order valence-corrected chi connectivity index (χ0v) is 9.12. The maximum Gasteiger partial charge on any atom is 0.167 e. The Labute approximate surface area is 90.7 Å². The van der Waals surface area contributed by atoms with Crippen LogP contribution in [0, 0.1) is 11.3 Å². The van der Waals surface area contributed by atoms with Crippen LogP contribution in [0.4, 0.5) is 10.1 Å². The maximum absolute atomic E-state index is 12.5. The standard InChI is InChI=1S/C8H9ClFN3S/c1-5(10)2-3-12-7-6(4-11)14-13-8(7)9/h5,12H,2-3H2,1H3. The SMILES string of the molecule is CC(F)CCNc1c(Cl)nsc1C#N. The van der Waals surface area contributed by atoms with Gasteiger partial charge in [0, 0.05) is 6.54 Å². The Balaban J connectivity index is 2.58. The molecule has 0 saturated heterocycles. The van der Waals surface area contributed by atoms with Crippen molar-refractivity contribution in [2.24, 2.45) is 0 Å². The second-order valence-corrected chi connectivity index (χ2v) is 3.92. The molecule has 0 bridgehead atoms. The first-order chi connectivity index (χ1) is 6.65. The van der Waals surface area contributed by atoms with E-state index in [9.17, 15) is 4.39 Å². The van der Waals surface area contributed by atoms with Gasteiger partial charge in [0.2, 0.25) is 0 Å². The predicted octanol–water partition coefficient (Wildman–Crippen LogP) is 2.83. The van der Waals surface area contributed by atoms with Crippen molar-refractivity contribution in [3.05, 3.63) is 10.0 Å². The summed E-state index contributed by atoms with van der Waals surface area (Å²) in [7, 11) is 0. The number of nitrogens with zero attached hydrogens (tertiary/aromatic N) is 2. The third-order valence-electron chi connectivity index (χ3n) is 1.60. The third kappa shape index (κ3) is 2.82. The largest absolute Gasteiger partial charge is 0.381 e. The summed E-state index contributed by atoms with van der Waals surface area (Å²) in [5.74, 6) is 0. The van der Waals surface area contributed by atoms with Crippen LogP contribution < -0.4 is 5.32 Å². The highest BCUT2D eigenvalue weighted by Crippen LogP contribution is 2.28. The minimum absolute atomic E-state index is 0.276. The molecule has 76 valence electrons. The topological polar surface area (TPSA) is 48.7 Å². The fourth-order valence-electron chi connectivity index (χ4n) is 0.896. The number of hydrogen-bond acceptors (Lipinski definition) is 4. The summed E-state index contributed by atoms with van der Waals surface area (Å²) < 4.78 is 16.3. The van der Waals surface area contributed by atoms with Crippen LogP contribution in [0.25, 0.3) is 0 Å². The summed E-state index contributed by atoms with van der Waals surface area (Å²) in [6, 6.07) is 1.97. The predicted molar refractivity (Wildman–Crippen MR) is 55.5 cm³/mol. The van der Waals surface area contributed by atoms with Crippen molar-refractivity contribution in [2.75, 3.05) is 11.9 Å². The summed E-state index contributed by atoms with van der Waals surface area (Å²) in [6.07, 6.45) is -0.477. The van der Waals surface area contributed by atoms with Gasteiger partial charge in [-0.1, -0.05) is 11.6 Å². The number of anilines is 1. The van der Waals surface area contributed by atoms with Crippen molar-refractivity contribution in [1.29, 1.82) is 5.26 Å². The van der Waals surface area contributed by atoms with E-state index in [1.54, 1.807) is 0 Å². The van der Waals surface area contributed by atoms with Crippen LogP contribution in [0.2, 0.25) is 5.15 Å². The number of alkyl halides is 1. The summed E-state index contributed by atoms with van der Waals surface area (Å²) >= 11 is 6.77. The lowest BCUT2D eigenvalue weighted by Crippen LogP contribution is -2.07. The second-order valence-electron chi connectivity index (χ2n) is 2.79. The highest BCUT2D eigenvalue weighted by atomic mass is 35.5. The zero-order chi connectivity index (χ0) is 10.6. The molecule has 0 fully saturated rings. The van der Waals surface area contributed by atoms with Crippen molar-refractivity contribution >= 4 is 28.8 Å². The van der Waals surface area contributed by atoms with Gasteiger partial charge in [0.25, 0.3) is 0 Å². The van der Waals surface area contributed by atoms with Gasteiger partial charge >= 0.3 is 0 Å². The molecule has 0 aliphatic carbocycles. The van der Waals surface area contributed by atoms with E-state index in [0.717, 1.165) is 11.5 Å². The van der Waals surface area contributed by atoms with E-state index in [4.69, 9.17) is 16.9 Å². The molecular weight excluding hydrogens is 225 g/mol. The third-order valence-corrected chi connectivity index (χ3v) is 2.72. The Hall–Kier alpha value is -0.860.